The summed E-state index contributed by atoms with van der Waals surface area (Å²) in [7, 11) is 0. The Labute approximate surface area is 156 Å². The summed E-state index contributed by atoms with van der Waals surface area (Å²) in [4.78, 5) is 20.8. The van der Waals surface area contributed by atoms with E-state index < -0.39 is 0 Å². The Balaban J connectivity index is 1.42. The molecule has 25 heavy (non-hydrogen) atoms. The number of thiazole rings is 1. The lowest BCUT2D eigenvalue weighted by molar-refractivity contribution is 0.0615. The van der Waals surface area contributed by atoms with Gasteiger partial charge in [0.2, 0.25) is 0 Å². The molecule has 2 N–H and O–H groups in total. The Morgan fingerprint density at radius 1 is 1.28 bits per heavy atom. The number of aromatic nitrogens is 1. The first-order chi connectivity index (χ1) is 12.2. The molecule has 0 atom stereocenters. The van der Waals surface area contributed by atoms with E-state index in [-0.39, 0.29) is 5.91 Å². The molecule has 1 aliphatic heterocycles. The number of piperazine rings is 1. The fourth-order valence-electron chi connectivity index (χ4n) is 2.69. The molecule has 2 heterocycles. The maximum atomic E-state index is 12.4. The fourth-order valence-corrected chi connectivity index (χ4v) is 3.52. The van der Waals surface area contributed by atoms with Crippen LogP contribution < -0.4 is 10.5 Å². The predicted octanol–water partition coefficient (Wildman–Crippen LogP) is 2.09. The van der Waals surface area contributed by atoms with Crippen molar-refractivity contribution in [2.45, 2.75) is 6.54 Å². The van der Waals surface area contributed by atoms with Gasteiger partial charge >= 0.3 is 0 Å². The first-order valence-electron chi connectivity index (χ1n) is 8.21. The Bertz CT molecular complexity index is 716. The minimum Gasteiger partial charge on any atom is -0.491 e. The average Bonchev–Trinajstić information content (AvgIpc) is 3.12. The fraction of sp³-hybridized carbons (Fsp3) is 0.412. The number of amides is 1. The second-order valence-electron chi connectivity index (χ2n) is 5.74. The Hall–Kier alpha value is -1.67. The number of hydrogen-bond acceptors (Lipinski definition) is 6. The van der Waals surface area contributed by atoms with E-state index in [1.165, 1.54) is 11.3 Å². The van der Waals surface area contributed by atoms with Gasteiger partial charge in [-0.05, 0) is 12.1 Å². The highest BCUT2D eigenvalue weighted by atomic mass is 35.5. The van der Waals surface area contributed by atoms with Gasteiger partial charge in [-0.3, -0.25) is 9.69 Å². The van der Waals surface area contributed by atoms with Crippen LogP contribution in [0.1, 0.15) is 15.5 Å². The first-order valence-corrected chi connectivity index (χ1v) is 9.46. The third-order valence-corrected chi connectivity index (χ3v) is 5.29. The summed E-state index contributed by atoms with van der Waals surface area (Å²) in [5.74, 6) is 0.695. The van der Waals surface area contributed by atoms with Crippen LogP contribution in [0.2, 0.25) is 5.02 Å². The number of ether oxygens (including phenoxy) is 1. The van der Waals surface area contributed by atoms with Crippen LogP contribution >= 0.6 is 22.9 Å². The zero-order chi connectivity index (χ0) is 17.6. The zero-order valence-corrected chi connectivity index (χ0v) is 15.4. The normalized spacial score (nSPS) is 15.4. The van der Waals surface area contributed by atoms with Gasteiger partial charge < -0.3 is 15.4 Å². The number of rotatable bonds is 6. The number of nitrogens with two attached hydrogens (primary N) is 1. The average molecular weight is 381 g/mol. The number of carbonyl (C=O) groups is 1. The summed E-state index contributed by atoms with van der Waals surface area (Å²) in [5.41, 5.74) is 6.05. The summed E-state index contributed by atoms with van der Waals surface area (Å²) in [6.45, 7) is 4.79. The smallest absolute Gasteiger partial charge is 0.273 e. The van der Waals surface area contributed by atoms with Gasteiger partial charge in [-0.1, -0.05) is 23.7 Å². The van der Waals surface area contributed by atoms with Gasteiger partial charge in [0.1, 0.15) is 23.1 Å². The number of hydrogen-bond donors (Lipinski definition) is 1. The van der Waals surface area contributed by atoms with Crippen molar-refractivity contribution in [3.8, 4) is 5.75 Å². The van der Waals surface area contributed by atoms with Gasteiger partial charge in [0.05, 0.1) is 5.02 Å². The van der Waals surface area contributed by atoms with Crippen LogP contribution in [0.4, 0.5) is 0 Å². The van der Waals surface area contributed by atoms with Gasteiger partial charge in [0.15, 0.2) is 0 Å². The molecule has 8 heteroatoms. The van der Waals surface area contributed by atoms with Crippen molar-refractivity contribution in [3.05, 3.63) is 45.4 Å². The van der Waals surface area contributed by atoms with Crippen molar-refractivity contribution >= 4 is 28.8 Å². The highest BCUT2D eigenvalue weighted by molar-refractivity contribution is 7.09. The molecular weight excluding hydrogens is 360 g/mol. The molecule has 2 aromatic rings. The van der Waals surface area contributed by atoms with Crippen LogP contribution in [0.15, 0.2) is 29.6 Å². The molecule has 1 fully saturated rings. The van der Waals surface area contributed by atoms with E-state index >= 15 is 0 Å². The van der Waals surface area contributed by atoms with Crippen molar-refractivity contribution in [2.24, 2.45) is 5.73 Å². The van der Waals surface area contributed by atoms with E-state index in [1.54, 1.807) is 5.38 Å². The van der Waals surface area contributed by atoms with Crippen molar-refractivity contribution in [2.75, 3.05) is 39.3 Å². The van der Waals surface area contributed by atoms with Crippen molar-refractivity contribution in [1.29, 1.82) is 0 Å². The van der Waals surface area contributed by atoms with Gasteiger partial charge in [-0.2, -0.15) is 0 Å². The molecular formula is C17H21ClN4O2S. The molecule has 0 radical (unpaired) electrons. The van der Waals surface area contributed by atoms with Crippen molar-refractivity contribution in [3.63, 3.8) is 0 Å². The molecule has 1 saturated heterocycles. The topological polar surface area (TPSA) is 71.7 Å². The van der Waals surface area contributed by atoms with Gasteiger partial charge in [-0.25, -0.2) is 4.98 Å². The summed E-state index contributed by atoms with van der Waals surface area (Å²) in [6.07, 6.45) is 0. The Morgan fingerprint density at radius 2 is 2.04 bits per heavy atom. The number of nitrogens with zero attached hydrogens (tertiary/aromatic N) is 3. The van der Waals surface area contributed by atoms with Gasteiger partial charge in [0.25, 0.3) is 5.91 Å². The van der Waals surface area contributed by atoms with E-state index in [0.29, 0.717) is 42.7 Å². The second-order valence-corrected chi connectivity index (χ2v) is 7.09. The zero-order valence-electron chi connectivity index (χ0n) is 13.9. The molecule has 0 spiro atoms. The number of benzene rings is 1. The third-order valence-electron chi connectivity index (χ3n) is 4.11. The second kappa shape index (κ2) is 8.62. The van der Waals surface area contributed by atoms with Crippen molar-refractivity contribution < 1.29 is 9.53 Å². The lowest BCUT2D eigenvalue weighted by Gasteiger charge is -2.34. The lowest BCUT2D eigenvalue weighted by atomic mass is 10.3. The van der Waals surface area contributed by atoms with E-state index in [9.17, 15) is 4.79 Å². The molecule has 1 aromatic heterocycles. The van der Waals surface area contributed by atoms with Crippen LogP contribution in [0.5, 0.6) is 5.75 Å². The minimum atomic E-state index is -0.0112. The quantitative estimate of drug-likeness (QED) is 0.830. The molecule has 1 amide bonds. The molecule has 0 bridgehead atoms. The molecule has 134 valence electrons. The standard InChI is InChI=1S/C17H21ClN4O2S/c18-13-3-1-2-4-15(13)24-10-9-21-5-7-22(8-6-21)17(23)14-12-25-16(11-19)20-14/h1-4,12H,5-11,19H2. The lowest BCUT2D eigenvalue weighted by Crippen LogP contribution is -2.49. The molecule has 6 nitrogen and oxygen atoms in total. The maximum Gasteiger partial charge on any atom is 0.273 e. The molecule has 1 aliphatic rings. The van der Waals surface area contributed by atoms with E-state index in [1.807, 2.05) is 29.2 Å². The molecule has 0 unspecified atom stereocenters. The van der Waals surface area contributed by atoms with Gasteiger partial charge in [0, 0.05) is 44.6 Å². The Kier molecular flexibility index (Phi) is 6.25. The highest BCUT2D eigenvalue weighted by Crippen LogP contribution is 2.23. The summed E-state index contributed by atoms with van der Waals surface area (Å²) >= 11 is 7.51. The van der Waals surface area contributed by atoms with Crippen LogP contribution in [0, 0.1) is 0 Å². The highest BCUT2D eigenvalue weighted by Gasteiger charge is 2.23. The van der Waals surface area contributed by atoms with Crippen LogP contribution in [0.25, 0.3) is 0 Å². The monoisotopic (exact) mass is 380 g/mol. The largest absolute Gasteiger partial charge is 0.491 e. The molecule has 0 saturated carbocycles. The Morgan fingerprint density at radius 3 is 2.72 bits per heavy atom. The molecule has 3 rings (SSSR count). The molecule has 0 aliphatic carbocycles. The number of halogens is 1. The van der Waals surface area contributed by atoms with E-state index in [4.69, 9.17) is 22.1 Å². The minimum absolute atomic E-state index is 0.0112. The first kappa shape index (κ1) is 18.1. The van der Waals surface area contributed by atoms with E-state index in [0.717, 1.165) is 24.6 Å². The molecule has 1 aromatic carbocycles. The third kappa shape index (κ3) is 4.70. The maximum absolute atomic E-state index is 12.4. The van der Waals surface area contributed by atoms with E-state index in [2.05, 4.69) is 9.88 Å². The summed E-state index contributed by atoms with van der Waals surface area (Å²) in [5, 5.41) is 3.20. The SMILES string of the molecule is NCc1nc(C(=O)N2CCN(CCOc3ccccc3Cl)CC2)cs1. The van der Waals surface area contributed by atoms with Crippen molar-refractivity contribution in [1.82, 2.24) is 14.8 Å². The summed E-state index contributed by atoms with van der Waals surface area (Å²) < 4.78 is 5.72. The number of para-hydroxylation sites is 1. The van der Waals surface area contributed by atoms with Crippen LogP contribution in [0.3, 0.4) is 0 Å². The van der Waals surface area contributed by atoms with Crippen LogP contribution in [-0.2, 0) is 6.54 Å². The summed E-state index contributed by atoms with van der Waals surface area (Å²) in [6, 6.07) is 7.46. The van der Waals surface area contributed by atoms with Crippen LogP contribution in [-0.4, -0.2) is 60.0 Å². The number of carbonyl (C=O) groups excluding carboxylic acids is 1. The van der Waals surface area contributed by atoms with Gasteiger partial charge in [-0.15, -0.1) is 11.3 Å². The predicted molar refractivity (Wildman–Crippen MR) is 99.3 cm³/mol.